The number of sulfonamides is 1. The van der Waals surface area contributed by atoms with E-state index in [2.05, 4.69) is 5.32 Å². The van der Waals surface area contributed by atoms with Crippen LogP contribution in [-0.2, 0) is 26.2 Å². The first-order valence-electron chi connectivity index (χ1n) is 12.0. The molecule has 0 aliphatic carbocycles. The summed E-state index contributed by atoms with van der Waals surface area (Å²) in [6.07, 6.45) is 1.54. The minimum absolute atomic E-state index is 0.0983. The average Bonchev–Trinajstić information content (AvgIpc) is 2.78. The summed E-state index contributed by atoms with van der Waals surface area (Å²) < 4.78 is 31.3. The summed E-state index contributed by atoms with van der Waals surface area (Å²) >= 11 is 0. The van der Waals surface area contributed by atoms with Gasteiger partial charge in [-0.1, -0.05) is 29.8 Å². The van der Waals surface area contributed by atoms with Crippen LogP contribution in [0, 0.1) is 6.92 Å². The second-order valence-electron chi connectivity index (χ2n) is 10.1. The molecule has 0 bridgehead atoms. The van der Waals surface area contributed by atoms with E-state index in [0.29, 0.717) is 17.9 Å². The normalized spacial score (nSPS) is 12.5. The first-order valence-corrected chi connectivity index (χ1v) is 13.8. The molecule has 1 atom stereocenters. The van der Waals surface area contributed by atoms with Crippen LogP contribution in [0.4, 0.5) is 5.69 Å². The zero-order chi connectivity index (χ0) is 27.1. The molecule has 0 spiro atoms. The largest absolute Gasteiger partial charge is 0.497 e. The Hall–Kier alpha value is -3.07. The Bertz CT molecular complexity index is 1140. The van der Waals surface area contributed by atoms with Crippen LogP contribution in [0.3, 0.4) is 0 Å². The van der Waals surface area contributed by atoms with E-state index in [1.165, 1.54) is 4.31 Å². The van der Waals surface area contributed by atoms with Gasteiger partial charge in [0.25, 0.3) is 0 Å². The van der Waals surface area contributed by atoms with E-state index in [1.54, 1.807) is 43.2 Å². The molecule has 0 saturated carbocycles. The molecule has 2 amide bonds. The summed E-state index contributed by atoms with van der Waals surface area (Å²) in [5.74, 6) is 0.174. The molecule has 2 aromatic carbocycles. The Labute approximate surface area is 215 Å². The van der Waals surface area contributed by atoms with Gasteiger partial charge in [0.15, 0.2) is 0 Å². The quantitative estimate of drug-likeness (QED) is 0.488. The highest BCUT2D eigenvalue weighted by molar-refractivity contribution is 7.92. The molecule has 0 radical (unpaired) electrons. The molecule has 9 heteroatoms. The number of benzene rings is 2. The molecule has 8 nitrogen and oxygen atoms in total. The summed E-state index contributed by atoms with van der Waals surface area (Å²) in [7, 11) is -2.01. The zero-order valence-electron chi connectivity index (χ0n) is 22.4. The lowest BCUT2D eigenvalue weighted by Crippen LogP contribution is -2.52. The fourth-order valence-corrected chi connectivity index (χ4v) is 4.78. The van der Waals surface area contributed by atoms with E-state index in [4.69, 9.17) is 4.74 Å². The molecule has 0 aliphatic rings. The van der Waals surface area contributed by atoms with Crippen LogP contribution >= 0.6 is 0 Å². The molecule has 0 saturated heterocycles. The van der Waals surface area contributed by atoms with Gasteiger partial charge in [-0.2, -0.15) is 0 Å². The predicted molar refractivity (Wildman–Crippen MR) is 144 cm³/mol. The highest BCUT2D eigenvalue weighted by Gasteiger charge is 2.28. The maximum atomic E-state index is 13.4. The minimum Gasteiger partial charge on any atom is -0.497 e. The van der Waals surface area contributed by atoms with Crippen molar-refractivity contribution in [1.82, 2.24) is 10.2 Å². The lowest BCUT2D eigenvalue weighted by atomic mass is 10.1. The first-order chi connectivity index (χ1) is 16.7. The number of methoxy groups -OCH3 is 1. The van der Waals surface area contributed by atoms with Crippen molar-refractivity contribution in [3.05, 3.63) is 59.7 Å². The lowest BCUT2D eigenvalue weighted by molar-refractivity contribution is -0.141. The topological polar surface area (TPSA) is 96.0 Å². The van der Waals surface area contributed by atoms with Gasteiger partial charge < -0.3 is 15.0 Å². The van der Waals surface area contributed by atoms with Gasteiger partial charge in [-0.15, -0.1) is 0 Å². The maximum Gasteiger partial charge on any atom is 0.242 e. The molecule has 0 heterocycles. The lowest BCUT2D eigenvalue weighted by Gasteiger charge is -2.32. The predicted octanol–water partition coefficient (Wildman–Crippen LogP) is 3.88. The van der Waals surface area contributed by atoms with Crippen molar-refractivity contribution in [3.63, 3.8) is 0 Å². The number of hydrogen-bond acceptors (Lipinski definition) is 5. The third-order valence-electron chi connectivity index (χ3n) is 5.61. The Morgan fingerprint density at radius 3 is 2.25 bits per heavy atom. The molecule has 0 aromatic heterocycles. The van der Waals surface area contributed by atoms with E-state index >= 15 is 0 Å². The number of carbonyl (C=O) groups is 2. The molecule has 2 rings (SSSR count). The summed E-state index contributed by atoms with van der Waals surface area (Å²) in [6.45, 7) is 9.79. The van der Waals surface area contributed by atoms with Crippen molar-refractivity contribution >= 4 is 27.5 Å². The van der Waals surface area contributed by atoms with Crippen molar-refractivity contribution < 1.29 is 22.7 Å². The van der Waals surface area contributed by atoms with Gasteiger partial charge in [-0.05, 0) is 70.9 Å². The highest BCUT2D eigenvalue weighted by Crippen LogP contribution is 2.22. The van der Waals surface area contributed by atoms with E-state index in [1.807, 2.05) is 52.0 Å². The van der Waals surface area contributed by atoms with Gasteiger partial charge in [0.2, 0.25) is 21.8 Å². The fourth-order valence-electron chi connectivity index (χ4n) is 3.82. The second kappa shape index (κ2) is 12.3. The van der Waals surface area contributed by atoms with E-state index in [-0.39, 0.29) is 31.3 Å². The van der Waals surface area contributed by atoms with Gasteiger partial charge in [-0.3, -0.25) is 13.9 Å². The summed E-state index contributed by atoms with van der Waals surface area (Å²) in [6, 6.07) is 13.9. The van der Waals surface area contributed by atoms with Crippen LogP contribution in [0.15, 0.2) is 48.5 Å². The SMILES string of the molecule is COc1ccc(N(CCCC(=O)N(Cc2cccc(C)c2)[C@@H](C)C(=O)NC(C)(C)C)S(C)(=O)=O)cc1. The standard InChI is InChI=1S/C27H39N3O5S/c1-20-10-8-11-22(18-20)19-29(21(2)26(32)28-27(3,4)5)25(31)12-9-17-30(36(7,33)34)23-13-15-24(35-6)16-14-23/h8,10-11,13-16,18,21H,9,12,17,19H2,1-7H3,(H,28,32)/t21-/m0/s1. The van der Waals surface area contributed by atoms with Crippen molar-refractivity contribution in [2.24, 2.45) is 0 Å². The first kappa shape index (κ1) is 29.2. The van der Waals surface area contributed by atoms with Gasteiger partial charge >= 0.3 is 0 Å². The number of rotatable bonds is 11. The third kappa shape index (κ3) is 8.86. The van der Waals surface area contributed by atoms with Crippen molar-refractivity contribution in [1.29, 1.82) is 0 Å². The molecule has 2 aromatic rings. The summed E-state index contributed by atoms with van der Waals surface area (Å²) in [5, 5.41) is 2.95. The second-order valence-corrected chi connectivity index (χ2v) is 12.0. The van der Waals surface area contributed by atoms with Crippen LogP contribution in [0.5, 0.6) is 5.75 Å². The number of aryl methyl sites for hydroxylation is 1. The van der Waals surface area contributed by atoms with Crippen LogP contribution < -0.4 is 14.4 Å². The van der Waals surface area contributed by atoms with E-state index in [9.17, 15) is 18.0 Å². The maximum absolute atomic E-state index is 13.4. The number of amides is 2. The van der Waals surface area contributed by atoms with Crippen LogP contribution in [-0.4, -0.2) is 56.6 Å². The zero-order valence-corrected chi connectivity index (χ0v) is 23.2. The van der Waals surface area contributed by atoms with Crippen LogP contribution in [0.25, 0.3) is 0 Å². The molecule has 0 fully saturated rings. The van der Waals surface area contributed by atoms with E-state index in [0.717, 1.165) is 17.4 Å². The Morgan fingerprint density at radius 1 is 1.08 bits per heavy atom. The minimum atomic E-state index is -3.56. The van der Waals surface area contributed by atoms with Crippen molar-refractivity contribution in [2.75, 3.05) is 24.2 Å². The van der Waals surface area contributed by atoms with E-state index < -0.39 is 21.6 Å². The molecule has 0 unspecified atom stereocenters. The number of hydrogen-bond donors (Lipinski definition) is 1. The van der Waals surface area contributed by atoms with Gasteiger partial charge in [-0.25, -0.2) is 8.42 Å². The van der Waals surface area contributed by atoms with Crippen LogP contribution in [0.1, 0.15) is 51.7 Å². The number of anilines is 1. The Balaban J connectivity index is 2.18. The molecular formula is C27H39N3O5S. The smallest absolute Gasteiger partial charge is 0.242 e. The number of ether oxygens (including phenoxy) is 1. The summed E-state index contributed by atoms with van der Waals surface area (Å²) in [5.41, 5.74) is 2.06. The van der Waals surface area contributed by atoms with Gasteiger partial charge in [0, 0.05) is 25.0 Å². The average molecular weight is 518 g/mol. The monoisotopic (exact) mass is 517 g/mol. The van der Waals surface area contributed by atoms with Crippen molar-refractivity contribution in [2.45, 2.75) is 65.6 Å². The Kier molecular flexibility index (Phi) is 9.93. The molecule has 198 valence electrons. The van der Waals surface area contributed by atoms with Crippen molar-refractivity contribution in [3.8, 4) is 5.75 Å². The van der Waals surface area contributed by atoms with Gasteiger partial charge in [0.1, 0.15) is 11.8 Å². The van der Waals surface area contributed by atoms with Crippen LogP contribution in [0.2, 0.25) is 0 Å². The Morgan fingerprint density at radius 2 is 1.72 bits per heavy atom. The fraction of sp³-hybridized carbons (Fsp3) is 0.481. The molecule has 36 heavy (non-hydrogen) atoms. The molecule has 0 aliphatic heterocycles. The third-order valence-corrected chi connectivity index (χ3v) is 6.81. The number of carbonyl (C=O) groups excluding carboxylic acids is 2. The summed E-state index contributed by atoms with van der Waals surface area (Å²) in [4.78, 5) is 27.8. The molecule has 1 N–H and O–H groups in total. The molecular weight excluding hydrogens is 478 g/mol. The highest BCUT2D eigenvalue weighted by atomic mass is 32.2. The number of nitrogens with zero attached hydrogens (tertiary/aromatic N) is 2. The van der Waals surface area contributed by atoms with Gasteiger partial charge in [0.05, 0.1) is 19.1 Å². The number of nitrogens with one attached hydrogen (secondary N) is 1.